The number of aliphatic hydroxyl groups excluding tert-OH is 1. The van der Waals surface area contributed by atoms with Crippen LogP contribution in [0.15, 0.2) is 10.5 Å². The van der Waals surface area contributed by atoms with Gasteiger partial charge < -0.3 is 15.6 Å². The number of hydrogen-bond acceptors (Lipinski definition) is 3. The first kappa shape index (κ1) is 12.5. The molecule has 0 bridgehead atoms. The molecule has 1 unspecified atom stereocenters. The van der Waals surface area contributed by atoms with E-state index in [2.05, 4.69) is 15.9 Å². The Kier molecular flexibility index (Phi) is 4.13. The van der Waals surface area contributed by atoms with Gasteiger partial charge in [0.15, 0.2) is 0 Å². The molecule has 0 saturated carbocycles. The van der Waals surface area contributed by atoms with Gasteiger partial charge in [-0.05, 0) is 36.6 Å². The second-order valence-corrected chi connectivity index (χ2v) is 4.39. The fourth-order valence-corrected chi connectivity index (χ4v) is 2.73. The van der Waals surface area contributed by atoms with Crippen molar-refractivity contribution in [2.24, 2.45) is 5.73 Å². The Morgan fingerprint density at radius 3 is 2.60 bits per heavy atom. The second-order valence-electron chi connectivity index (χ2n) is 3.54. The maximum Gasteiger partial charge on any atom is 0.125 e. The summed E-state index contributed by atoms with van der Waals surface area (Å²) in [7, 11) is 1.64. The van der Waals surface area contributed by atoms with E-state index in [0.717, 1.165) is 26.9 Å². The summed E-state index contributed by atoms with van der Waals surface area (Å²) in [5.41, 5.74) is 8.77. The van der Waals surface area contributed by atoms with Crippen LogP contribution in [0.5, 0.6) is 5.75 Å². The van der Waals surface area contributed by atoms with Crippen molar-refractivity contribution in [3.63, 3.8) is 0 Å². The highest BCUT2D eigenvalue weighted by Gasteiger charge is 2.17. The number of aliphatic hydroxyl groups is 1. The second kappa shape index (κ2) is 4.96. The van der Waals surface area contributed by atoms with E-state index in [9.17, 15) is 0 Å². The third-order valence-corrected chi connectivity index (χ3v) is 3.13. The predicted molar refractivity (Wildman–Crippen MR) is 64.2 cm³/mol. The Morgan fingerprint density at radius 2 is 2.13 bits per heavy atom. The lowest BCUT2D eigenvalue weighted by Crippen LogP contribution is -2.17. The third kappa shape index (κ3) is 2.33. The Hall–Kier alpha value is -0.580. The number of nitrogens with two attached hydrogens (primary N) is 1. The Morgan fingerprint density at radius 1 is 1.53 bits per heavy atom. The van der Waals surface area contributed by atoms with E-state index in [1.54, 1.807) is 7.11 Å². The molecule has 0 aromatic heterocycles. The molecule has 0 heterocycles. The molecule has 0 saturated heterocycles. The first-order valence-corrected chi connectivity index (χ1v) is 5.52. The number of methoxy groups -OCH3 is 1. The molecule has 0 spiro atoms. The lowest BCUT2D eigenvalue weighted by molar-refractivity contribution is 0.267. The molecule has 0 radical (unpaired) electrons. The normalized spacial score (nSPS) is 12.7. The molecule has 0 aliphatic heterocycles. The van der Waals surface area contributed by atoms with E-state index in [4.69, 9.17) is 15.6 Å². The average molecular weight is 274 g/mol. The van der Waals surface area contributed by atoms with Gasteiger partial charge in [0.05, 0.1) is 19.8 Å². The van der Waals surface area contributed by atoms with Gasteiger partial charge in [0.1, 0.15) is 5.75 Å². The van der Waals surface area contributed by atoms with Crippen molar-refractivity contribution in [2.45, 2.75) is 19.9 Å². The lowest BCUT2D eigenvalue weighted by Gasteiger charge is -2.18. The third-order valence-electron chi connectivity index (χ3n) is 2.47. The smallest absolute Gasteiger partial charge is 0.125 e. The van der Waals surface area contributed by atoms with Gasteiger partial charge in [0, 0.05) is 4.47 Å². The highest BCUT2D eigenvalue weighted by Crippen LogP contribution is 2.34. The first-order valence-electron chi connectivity index (χ1n) is 4.73. The number of ether oxygens (including phenoxy) is 1. The van der Waals surface area contributed by atoms with Crippen molar-refractivity contribution in [3.8, 4) is 5.75 Å². The Labute approximate surface area is 98.4 Å². The maximum atomic E-state index is 9.08. The molecular weight excluding hydrogens is 258 g/mol. The zero-order valence-corrected chi connectivity index (χ0v) is 10.8. The van der Waals surface area contributed by atoms with Crippen LogP contribution in [0.1, 0.15) is 22.7 Å². The summed E-state index contributed by atoms with van der Waals surface area (Å²) >= 11 is 3.46. The van der Waals surface area contributed by atoms with Gasteiger partial charge in [-0.3, -0.25) is 0 Å². The van der Waals surface area contributed by atoms with E-state index in [1.807, 2.05) is 19.9 Å². The molecule has 3 N–H and O–H groups in total. The van der Waals surface area contributed by atoms with Gasteiger partial charge >= 0.3 is 0 Å². The summed E-state index contributed by atoms with van der Waals surface area (Å²) in [6.07, 6.45) is 0. The molecule has 84 valence electrons. The fraction of sp³-hybridized carbons (Fsp3) is 0.455. The maximum absolute atomic E-state index is 9.08. The van der Waals surface area contributed by atoms with Crippen LogP contribution in [-0.4, -0.2) is 18.8 Å². The number of halogens is 1. The van der Waals surface area contributed by atoms with Gasteiger partial charge in [0.25, 0.3) is 0 Å². The average Bonchev–Trinajstić information content (AvgIpc) is 2.17. The van der Waals surface area contributed by atoms with Crippen molar-refractivity contribution in [1.29, 1.82) is 0 Å². The molecule has 0 aliphatic carbocycles. The van der Waals surface area contributed by atoms with Crippen molar-refractivity contribution < 1.29 is 9.84 Å². The molecule has 1 atom stereocenters. The minimum Gasteiger partial charge on any atom is -0.496 e. The number of benzene rings is 1. The van der Waals surface area contributed by atoms with Gasteiger partial charge in [-0.1, -0.05) is 15.9 Å². The summed E-state index contributed by atoms with van der Waals surface area (Å²) in [6, 6.07) is 1.57. The molecule has 15 heavy (non-hydrogen) atoms. The molecule has 0 amide bonds. The van der Waals surface area contributed by atoms with Gasteiger partial charge in [-0.25, -0.2) is 0 Å². The van der Waals surface area contributed by atoms with Crippen LogP contribution in [0, 0.1) is 13.8 Å². The summed E-state index contributed by atoms with van der Waals surface area (Å²) in [5, 5.41) is 9.08. The van der Waals surface area contributed by atoms with Crippen molar-refractivity contribution in [3.05, 3.63) is 27.2 Å². The van der Waals surface area contributed by atoms with Crippen LogP contribution >= 0.6 is 15.9 Å². The minimum atomic E-state index is -0.381. The minimum absolute atomic E-state index is 0.0777. The standard InChI is InChI=1S/C11H16BrNO2/c1-6-4-8(12)10(9(13)5-14)7(2)11(6)15-3/h4,9,14H,5,13H2,1-3H3. The summed E-state index contributed by atoms with van der Waals surface area (Å²) in [6.45, 7) is 3.85. The number of rotatable bonds is 3. The number of hydrogen-bond donors (Lipinski definition) is 2. The topological polar surface area (TPSA) is 55.5 Å². The van der Waals surface area contributed by atoms with E-state index >= 15 is 0 Å². The van der Waals surface area contributed by atoms with Crippen molar-refractivity contribution in [1.82, 2.24) is 0 Å². The predicted octanol–water partition coefficient (Wildman–Crippen LogP) is 2.07. The van der Waals surface area contributed by atoms with Gasteiger partial charge in [0.2, 0.25) is 0 Å². The molecule has 3 nitrogen and oxygen atoms in total. The van der Waals surface area contributed by atoms with Gasteiger partial charge in [-0.2, -0.15) is 0 Å². The zero-order chi connectivity index (χ0) is 11.6. The Bertz CT molecular complexity index is 366. The van der Waals surface area contributed by atoms with Crippen molar-refractivity contribution in [2.75, 3.05) is 13.7 Å². The highest BCUT2D eigenvalue weighted by molar-refractivity contribution is 9.10. The van der Waals surface area contributed by atoms with E-state index in [-0.39, 0.29) is 12.6 Å². The highest BCUT2D eigenvalue weighted by atomic mass is 79.9. The molecule has 1 rings (SSSR count). The van der Waals surface area contributed by atoms with Crippen LogP contribution < -0.4 is 10.5 Å². The summed E-state index contributed by atoms with van der Waals surface area (Å²) in [5.74, 6) is 0.831. The van der Waals surface area contributed by atoms with E-state index in [0.29, 0.717) is 0 Å². The monoisotopic (exact) mass is 273 g/mol. The van der Waals surface area contributed by atoms with Crippen LogP contribution in [0.4, 0.5) is 0 Å². The van der Waals surface area contributed by atoms with E-state index < -0.39 is 0 Å². The summed E-state index contributed by atoms with van der Waals surface area (Å²) < 4.78 is 6.22. The van der Waals surface area contributed by atoms with Crippen LogP contribution in [0.3, 0.4) is 0 Å². The van der Waals surface area contributed by atoms with Crippen LogP contribution in [-0.2, 0) is 0 Å². The van der Waals surface area contributed by atoms with Crippen LogP contribution in [0.2, 0.25) is 0 Å². The lowest BCUT2D eigenvalue weighted by atomic mass is 9.99. The fourth-order valence-electron chi connectivity index (χ4n) is 1.79. The molecular formula is C11H16BrNO2. The van der Waals surface area contributed by atoms with Crippen molar-refractivity contribution >= 4 is 15.9 Å². The molecule has 0 fully saturated rings. The largest absolute Gasteiger partial charge is 0.496 e. The zero-order valence-electron chi connectivity index (χ0n) is 9.17. The molecule has 0 aliphatic rings. The molecule has 1 aromatic rings. The van der Waals surface area contributed by atoms with E-state index in [1.165, 1.54) is 0 Å². The summed E-state index contributed by atoms with van der Waals surface area (Å²) in [4.78, 5) is 0. The Balaban J connectivity index is 3.38. The molecule has 1 aromatic carbocycles. The van der Waals surface area contributed by atoms with Crippen LogP contribution in [0.25, 0.3) is 0 Å². The SMILES string of the molecule is COc1c(C)cc(Br)c(C(N)CO)c1C. The number of aryl methyl sites for hydroxylation is 1. The van der Waals surface area contributed by atoms with Gasteiger partial charge in [-0.15, -0.1) is 0 Å². The quantitative estimate of drug-likeness (QED) is 0.887. The molecule has 4 heteroatoms. The first-order chi connectivity index (χ1) is 7.02.